The van der Waals surface area contributed by atoms with Gasteiger partial charge in [-0.05, 0) is 35.3 Å². The Morgan fingerprint density at radius 2 is 1.75 bits per heavy atom. The van der Waals surface area contributed by atoms with Crippen LogP contribution in [0.25, 0.3) is 16.3 Å². The van der Waals surface area contributed by atoms with E-state index in [0.29, 0.717) is 13.1 Å². The van der Waals surface area contributed by atoms with Crippen LogP contribution in [-0.2, 0) is 4.79 Å². The van der Waals surface area contributed by atoms with Gasteiger partial charge in [-0.15, -0.1) is 0 Å². The number of quaternary nitrogens is 1. The normalized spacial score (nSPS) is 15.3. The molecule has 1 heterocycles. The first-order valence-corrected chi connectivity index (χ1v) is 10.1. The number of fused-ring (bicyclic) bond motifs is 1. The topological polar surface area (TPSA) is 36.9 Å². The van der Waals surface area contributed by atoms with Gasteiger partial charge in [0.1, 0.15) is 6.04 Å². The number of hydrogen-bond acceptors (Lipinski definition) is 1. The second-order valence-electron chi connectivity index (χ2n) is 7.48. The lowest BCUT2D eigenvalue weighted by molar-refractivity contribution is -0.682. The number of amides is 1. The summed E-state index contributed by atoms with van der Waals surface area (Å²) in [5.74, 6) is 0.218. The molecule has 0 saturated heterocycles. The molecule has 0 aromatic heterocycles. The Kier molecular flexibility index (Phi) is 5.54. The molecule has 1 aliphatic heterocycles. The SMILES string of the molecule is C[C@H]([NH2+]CC(=O)N1CC=C(c2ccccc2)CC1)c1cccc2ccccc12. The fourth-order valence-corrected chi connectivity index (χ4v) is 3.99. The van der Waals surface area contributed by atoms with Crippen molar-refractivity contribution in [2.24, 2.45) is 0 Å². The number of carbonyl (C=O) groups is 1. The number of carbonyl (C=O) groups excluding carboxylic acids is 1. The van der Waals surface area contributed by atoms with Gasteiger partial charge in [0.2, 0.25) is 0 Å². The van der Waals surface area contributed by atoms with Crippen molar-refractivity contribution in [3.63, 3.8) is 0 Å². The Bertz CT molecular complexity index is 988. The maximum Gasteiger partial charge on any atom is 0.277 e. The molecule has 0 bridgehead atoms. The van der Waals surface area contributed by atoms with E-state index in [-0.39, 0.29) is 11.9 Å². The summed E-state index contributed by atoms with van der Waals surface area (Å²) in [5.41, 5.74) is 3.90. The number of nitrogens with zero attached hydrogens (tertiary/aromatic N) is 1. The molecule has 28 heavy (non-hydrogen) atoms. The molecule has 0 saturated carbocycles. The van der Waals surface area contributed by atoms with E-state index in [9.17, 15) is 4.79 Å². The van der Waals surface area contributed by atoms with Crippen molar-refractivity contribution in [2.75, 3.05) is 19.6 Å². The Labute approximate surface area is 166 Å². The first kappa shape index (κ1) is 18.5. The molecule has 4 rings (SSSR count). The minimum absolute atomic E-state index is 0.218. The molecule has 0 fully saturated rings. The van der Waals surface area contributed by atoms with Crippen LogP contribution in [0.4, 0.5) is 0 Å². The Morgan fingerprint density at radius 1 is 1.00 bits per heavy atom. The molecule has 0 spiro atoms. The molecule has 3 aromatic carbocycles. The van der Waals surface area contributed by atoms with Gasteiger partial charge in [0.05, 0.1) is 0 Å². The highest BCUT2D eigenvalue weighted by molar-refractivity contribution is 5.86. The summed E-state index contributed by atoms with van der Waals surface area (Å²) in [6.45, 7) is 4.17. The van der Waals surface area contributed by atoms with Crippen LogP contribution in [0.15, 0.2) is 78.9 Å². The van der Waals surface area contributed by atoms with Gasteiger partial charge in [0.25, 0.3) is 5.91 Å². The van der Waals surface area contributed by atoms with E-state index in [2.05, 4.69) is 85.0 Å². The summed E-state index contributed by atoms with van der Waals surface area (Å²) >= 11 is 0. The zero-order chi connectivity index (χ0) is 19.3. The molecule has 0 unspecified atom stereocenters. The average molecular weight is 372 g/mol. The Balaban J connectivity index is 1.36. The van der Waals surface area contributed by atoms with Crippen molar-refractivity contribution in [2.45, 2.75) is 19.4 Å². The van der Waals surface area contributed by atoms with Crippen LogP contribution < -0.4 is 5.32 Å². The van der Waals surface area contributed by atoms with Crippen molar-refractivity contribution < 1.29 is 10.1 Å². The third-order valence-electron chi connectivity index (χ3n) is 5.67. The highest BCUT2D eigenvalue weighted by atomic mass is 16.2. The summed E-state index contributed by atoms with van der Waals surface area (Å²) < 4.78 is 0. The van der Waals surface area contributed by atoms with E-state index in [1.165, 1.54) is 27.5 Å². The van der Waals surface area contributed by atoms with Crippen LogP contribution in [0.1, 0.15) is 30.5 Å². The van der Waals surface area contributed by atoms with Crippen molar-refractivity contribution in [3.05, 3.63) is 90.0 Å². The van der Waals surface area contributed by atoms with Crippen LogP contribution in [0.3, 0.4) is 0 Å². The number of nitrogens with two attached hydrogens (primary N) is 1. The Morgan fingerprint density at radius 3 is 2.54 bits per heavy atom. The summed E-state index contributed by atoms with van der Waals surface area (Å²) in [4.78, 5) is 14.7. The standard InChI is InChI=1S/C25H26N2O/c1-19(23-13-7-11-22-10-5-6-12-24(22)23)26-18-25(28)27-16-14-21(15-17-27)20-8-3-2-4-9-20/h2-14,19,26H,15-18H2,1H3/p+1/t19-/m0/s1. The molecule has 2 N–H and O–H groups in total. The molecule has 1 atom stereocenters. The highest BCUT2D eigenvalue weighted by Crippen LogP contribution is 2.23. The highest BCUT2D eigenvalue weighted by Gasteiger charge is 2.21. The summed E-state index contributed by atoms with van der Waals surface area (Å²) in [7, 11) is 0. The van der Waals surface area contributed by atoms with Crippen molar-refractivity contribution in [3.8, 4) is 0 Å². The van der Waals surface area contributed by atoms with E-state index in [4.69, 9.17) is 0 Å². The van der Waals surface area contributed by atoms with Crippen LogP contribution in [0, 0.1) is 0 Å². The molecular formula is C25H27N2O+. The van der Waals surface area contributed by atoms with E-state index in [1.807, 2.05) is 11.0 Å². The van der Waals surface area contributed by atoms with E-state index in [1.54, 1.807) is 0 Å². The van der Waals surface area contributed by atoms with E-state index in [0.717, 1.165) is 13.0 Å². The fourth-order valence-electron chi connectivity index (χ4n) is 3.99. The van der Waals surface area contributed by atoms with Crippen molar-refractivity contribution >= 4 is 22.3 Å². The van der Waals surface area contributed by atoms with Gasteiger partial charge < -0.3 is 10.2 Å². The quantitative estimate of drug-likeness (QED) is 0.728. The van der Waals surface area contributed by atoms with Gasteiger partial charge >= 0.3 is 0 Å². The zero-order valence-corrected chi connectivity index (χ0v) is 16.3. The maximum atomic E-state index is 12.7. The minimum atomic E-state index is 0.218. The van der Waals surface area contributed by atoms with Gasteiger partial charge in [0, 0.05) is 18.7 Å². The number of hydrogen-bond donors (Lipinski definition) is 1. The predicted molar refractivity (Wildman–Crippen MR) is 115 cm³/mol. The first-order chi connectivity index (χ1) is 13.7. The van der Waals surface area contributed by atoms with Crippen molar-refractivity contribution in [1.29, 1.82) is 0 Å². The zero-order valence-electron chi connectivity index (χ0n) is 16.3. The molecular weight excluding hydrogens is 344 g/mol. The maximum absolute atomic E-state index is 12.7. The van der Waals surface area contributed by atoms with Gasteiger partial charge in [-0.1, -0.05) is 78.9 Å². The summed E-state index contributed by atoms with van der Waals surface area (Å²) in [6, 6.07) is 25.6. The average Bonchev–Trinajstić information content (AvgIpc) is 2.77. The largest absolute Gasteiger partial charge is 0.334 e. The van der Waals surface area contributed by atoms with E-state index >= 15 is 0 Å². The molecule has 0 radical (unpaired) electrons. The molecule has 3 aromatic rings. The smallest absolute Gasteiger partial charge is 0.277 e. The molecule has 142 valence electrons. The lowest BCUT2D eigenvalue weighted by atomic mass is 9.99. The molecule has 1 amide bonds. The summed E-state index contributed by atoms with van der Waals surface area (Å²) in [5, 5.41) is 4.68. The third-order valence-corrected chi connectivity index (χ3v) is 5.67. The lowest BCUT2D eigenvalue weighted by Gasteiger charge is -2.26. The summed E-state index contributed by atoms with van der Waals surface area (Å²) in [6.07, 6.45) is 3.12. The van der Waals surface area contributed by atoms with Crippen molar-refractivity contribution in [1.82, 2.24) is 4.90 Å². The molecule has 3 heteroatoms. The Hall–Kier alpha value is -2.91. The van der Waals surface area contributed by atoms with Gasteiger partial charge in [-0.3, -0.25) is 4.79 Å². The molecule has 3 nitrogen and oxygen atoms in total. The van der Waals surface area contributed by atoms with Crippen LogP contribution in [0.5, 0.6) is 0 Å². The van der Waals surface area contributed by atoms with Crippen LogP contribution in [-0.4, -0.2) is 30.4 Å². The lowest BCUT2D eigenvalue weighted by Crippen LogP contribution is -2.87. The monoisotopic (exact) mass is 371 g/mol. The van der Waals surface area contributed by atoms with E-state index < -0.39 is 0 Å². The molecule has 1 aliphatic rings. The van der Waals surface area contributed by atoms with Gasteiger partial charge in [0.15, 0.2) is 6.54 Å². The fraction of sp³-hybridized carbons (Fsp3) is 0.240. The first-order valence-electron chi connectivity index (χ1n) is 10.1. The predicted octanol–water partition coefficient (Wildman–Crippen LogP) is 3.78. The second kappa shape index (κ2) is 8.41. The number of rotatable bonds is 5. The number of benzene rings is 3. The molecule has 0 aliphatic carbocycles. The van der Waals surface area contributed by atoms with Gasteiger partial charge in [-0.25, -0.2) is 0 Å². The second-order valence-corrected chi connectivity index (χ2v) is 7.48. The third kappa shape index (κ3) is 4.00. The van der Waals surface area contributed by atoms with Gasteiger partial charge in [-0.2, -0.15) is 0 Å². The van der Waals surface area contributed by atoms with Crippen LogP contribution >= 0.6 is 0 Å². The van der Waals surface area contributed by atoms with Crippen LogP contribution in [0.2, 0.25) is 0 Å². The minimum Gasteiger partial charge on any atom is -0.334 e.